The lowest BCUT2D eigenvalue weighted by molar-refractivity contribution is 0.0995. The van der Waals surface area contributed by atoms with Crippen LogP contribution in [0.2, 0.25) is 0 Å². The van der Waals surface area contributed by atoms with Crippen LogP contribution in [0.4, 0.5) is 4.39 Å². The van der Waals surface area contributed by atoms with E-state index in [0.29, 0.717) is 22.4 Å². The van der Waals surface area contributed by atoms with E-state index in [0.717, 1.165) is 36.1 Å². The molecule has 4 aromatic rings. The molecule has 1 aliphatic carbocycles. The Morgan fingerprint density at radius 1 is 1.28 bits per heavy atom. The maximum atomic E-state index is 14.3. The summed E-state index contributed by atoms with van der Waals surface area (Å²) >= 11 is 1.17. The number of fused-ring (bicyclic) bond motifs is 1. The molecule has 4 aromatic heterocycles. The van der Waals surface area contributed by atoms with E-state index in [1.54, 1.807) is 16.8 Å². The Balaban J connectivity index is 1.60. The maximum Gasteiger partial charge on any atom is 0.155 e. The number of hydrogen-bond acceptors (Lipinski definition) is 6. The van der Waals surface area contributed by atoms with E-state index in [1.807, 2.05) is 30.1 Å². The molecule has 1 fully saturated rings. The van der Waals surface area contributed by atoms with Gasteiger partial charge in [-0.2, -0.15) is 15.5 Å². The normalized spacial score (nSPS) is 18.7. The van der Waals surface area contributed by atoms with Gasteiger partial charge in [-0.3, -0.25) is 4.68 Å². The van der Waals surface area contributed by atoms with E-state index in [4.69, 9.17) is 0 Å². The van der Waals surface area contributed by atoms with Gasteiger partial charge in [-0.1, -0.05) is 11.8 Å². The van der Waals surface area contributed by atoms with Gasteiger partial charge in [0.05, 0.1) is 35.6 Å². The fourth-order valence-electron chi connectivity index (χ4n) is 4.38. The van der Waals surface area contributed by atoms with Crippen molar-refractivity contribution in [3.63, 3.8) is 0 Å². The second kappa shape index (κ2) is 8.37. The number of nitrogens with zero attached hydrogens (tertiary/aromatic N) is 6. The first kappa shape index (κ1) is 20.7. The number of pyridine rings is 2. The average Bonchev–Trinajstić information content (AvgIpc) is 3.38. The molecule has 1 N–H and O–H groups in total. The van der Waals surface area contributed by atoms with Gasteiger partial charge in [0.1, 0.15) is 11.1 Å². The lowest BCUT2D eigenvalue weighted by Gasteiger charge is -2.27. The van der Waals surface area contributed by atoms with Gasteiger partial charge in [-0.15, -0.1) is 0 Å². The second-order valence-corrected chi connectivity index (χ2v) is 9.04. The van der Waals surface area contributed by atoms with E-state index in [1.165, 1.54) is 24.0 Å². The molecule has 7 nitrogen and oxygen atoms in total. The third kappa shape index (κ3) is 3.66. The van der Waals surface area contributed by atoms with Gasteiger partial charge in [0.15, 0.2) is 5.82 Å². The van der Waals surface area contributed by atoms with E-state index in [2.05, 4.69) is 21.3 Å². The molecule has 0 saturated heterocycles. The quantitative estimate of drug-likeness (QED) is 0.493. The fourth-order valence-corrected chi connectivity index (χ4v) is 5.35. The van der Waals surface area contributed by atoms with Crippen molar-refractivity contribution < 1.29 is 9.50 Å². The molecule has 9 heteroatoms. The highest BCUT2D eigenvalue weighted by Crippen LogP contribution is 2.37. The van der Waals surface area contributed by atoms with Crippen LogP contribution in [0, 0.1) is 24.1 Å². The van der Waals surface area contributed by atoms with Crippen LogP contribution in [0.3, 0.4) is 0 Å². The smallest absolute Gasteiger partial charge is 0.155 e. The summed E-state index contributed by atoms with van der Waals surface area (Å²) in [6.45, 7) is 2.02. The Labute approximate surface area is 188 Å². The van der Waals surface area contributed by atoms with Gasteiger partial charge in [-0.25, -0.2) is 13.9 Å². The molecule has 0 aliphatic heterocycles. The van der Waals surface area contributed by atoms with Crippen molar-refractivity contribution in [2.45, 2.75) is 54.7 Å². The summed E-state index contributed by atoms with van der Waals surface area (Å²) < 4.78 is 18.0. The number of hydrogen-bond donors (Lipinski definition) is 1. The van der Waals surface area contributed by atoms with Crippen LogP contribution in [0.15, 0.2) is 52.9 Å². The number of aromatic nitrogens is 5. The van der Waals surface area contributed by atoms with Crippen molar-refractivity contribution in [3.05, 3.63) is 60.1 Å². The molecular formula is C23H21FN6OS. The van der Waals surface area contributed by atoms with Crippen molar-refractivity contribution in [2.75, 3.05) is 0 Å². The first-order chi connectivity index (χ1) is 15.5. The largest absolute Gasteiger partial charge is 0.393 e. The zero-order valence-corrected chi connectivity index (χ0v) is 18.3. The number of halogens is 1. The highest BCUT2D eigenvalue weighted by molar-refractivity contribution is 7.99. The summed E-state index contributed by atoms with van der Waals surface area (Å²) in [5, 5.41) is 28.8. The molecule has 0 amide bonds. The summed E-state index contributed by atoms with van der Waals surface area (Å²) in [6.07, 6.45) is 9.95. The fraction of sp³-hybridized carbons (Fsp3) is 0.304. The predicted octanol–water partition coefficient (Wildman–Crippen LogP) is 4.54. The molecule has 4 heterocycles. The summed E-state index contributed by atoms with van der Waals surface area (Å²) in [5.41, 5.74) is 3.83. The van der Waals surface area contributed by atoms with E-state index >= 15 is 0 Å². The lowest BCUT2D eigenvalue weighted by atomic mass is 9.93. The minimum atomic E-state index is -0.418. The molecule has 162 valence electrons. The van der Waals surface area contributed by atoms with Crippen LogP contribution in [0.1, 0.15) is 43.0 Å². The van der Waals surface area contributed by atoms with Gasteiger partial charge in [0.25, 0.3) is 0 Å². The van der Waals surface area contributed by atoms with Crippen molar-refractivity contribution in [2.24, 2.45) is 0 Å². The molecule has 0 unspecified atom stereocenters. The number of rotatable bonds is 4. The van der Waals surface area contributed by atoms with Crippen molar-refractivity contribution >= 4 is 17.3 Å². The van der Waals surface area contributed by atoms with Crippen molar-refractivity contribution in [1.29, 1.82) is 5.26 Å². The number of aliphatic hydroxyl groups excluding tert-OH is 1. The summed E-state index contributed by atoms with van der Waals surface area (Å²) in [5.74, 6) is -0.418. The summed E-state index contributed by atoms with van der Waals surface area (Å²) in [7, 11) is 0. The van der Waals surface area contributed by atoms with Crippen LogP contribution in [0.5, 0.6) is 0 Å². The van der Waals surface area contributed by atoms with Crippen LogP contribution in [-0.4, -0.2) is 35.6 Å². The van der Waals surface area contributed by atoms with E-state index in [9.17, 15) is 14.8 Å². The minimum Gasteiger partial charge on any atom is -0.393 e. The minimum absolute atomic E-state index is 0.169. The Morgan fingerprint density at radius 2 is 2.16 bits per heavy atom. The number of aliphatic hydroxyl groups is 1. The molecule has 2 atom stereocenters. The lowest BCUT2D eigenvalue weighted by Crippen LogP contribution is -2.23. The van der Waals surface area contributed by atoms with Crippen LogP contribution in [-0.2, 0) is 0 Å². The van der Waals surface area contributed by atoms with Gasteiger partial charge < -0.3 is 5.11 Å². The summed E-state index contributed by atoms with van der Waals surface area (Å²) in [4.78, 5) is 4.84. The van der Waals surface area contributed by atoms with E-state index in [-0.39, 0.29) is 17.2 Å². The predicted molar refractivity (Wildman–Crippen MR) is 118 cm³/mol. The monoisotopic (exact) mass is 448 g/mol. The molecule has 0 bridgehead atoms. The zero-order valence-electron chi connectivity index (χ0n) is 17.4. The van der Waals surface area contributed by atoms with Crippen molar-refractivity contribution in [3.8, 4) is 17.2 Å². The van der Waals surface area contributed by atoms with Crippen molar-refractivity contribution in [1.82, 2.24) is 24.4 Å². The first-order valence-corrected chi connectivity index (χ1v) is 11.3. The molecule has 1 aliphatic rings. The Morgan fingerprint density at radius 3 is 2.94 bits per heavy atom. The highest BCUT2D eigenvalue weighted by Gasteiger charge is 2.25. The Kier molecular flexibility index (Phi) is 5.41. The summed E-state index contributed by atoms with van der Waals surface area (Å²) in [6, 6.07) is 7.17. The SMILES string of the molecule is Cc1c(-c2cc(Sc3ncccc3F)c3c(C#N)cnn3c2)cnn1[C@@H]1CCC[C@H](O)C1. The molecule has 5 rings (SSSR count). The Hall–Kier alpha value is -3.22. The maximum absolute atomic E-state index is 14.3. The average molecular weight is 449 g/mol. The molecule has 1 saturated carbocycles. The molecule has 0 aromatic carbocycles. The van der Waals surface area contributed by atoms with Gasteiger partial charge >= 0.3 is 0 Å². The van der Waals surface area contributed by atoms with Gasteiger partial charge in [0, 0.05) is 34.1 Å². The molecule has 0 spiro atoms. The molecular weight excluding hydrogens is 427 g/mol. The molecule has 32 heavy (non-hydrogen) atoms. The third-order valence-electron chi connectivity index (χ3n) is 5.95. The first-order valence-electron chi connectivity index (χ1n) is 10.5. The van der Waals surface area contributed by atoms with Crippen LogP contribution < -0.4 is 0 Å². The Bertz CT molecular complexity index is 1340. The van der Waals surface area contributed by atoms with E-state index < -0.39 is 5.82 Å². The molecule has 0 radical (unpaired) electrons. The second-order valence-electron chi connectivity index (χ2n) is 8.01. The highest BCUT2D eigenvalue weighted by atomic mass is 32.2. The third-order valence-corrected chi connectivity index (χ3v) is 6.97. The topological polar surface area (TPSA) is 92.0 Å². The van der Waals surface area contributed by atoms with Crippen LogP contribution >= 0.6 is 11.8 Å². The van der Waals surface area contributed by atoms with Gasteiger partial charge in [-0.05, 0) is 50.8 Å². The standard InChI is InChI=1S/C23H21FN6OS/c1-14-19(12-28-30(14)17-4-2-5-18(31)9-17)15-8-21(32-23-20(24)6-3-7-26-23)22-16(10-25)11-27-29(22)13-15/h3,6-8,11-13,17-18,31H,2,4-5,9H2,1H3/t17-,18+/m1/s1. The zero-order chi connectivity index (χ0) is 22.2. The van der Waals surface area contributed by atoms with Crippen LogP contribution in [0.25, 0.3) is 16.6 Å². The van der Waals surface area contributed by atoms with Gasteiger partial charge in [0.2, 0.25) is 0 Å². The number of nitriles is 1.